The van der Waals surface area contributed by atoms with Gasteiger partial charge in [-0.2, -0.15) is 26.3 Å². The van der Waals surface area contributed by atoms with E-state index in [4.69, 9.17) is 4.74 Å². The number of rotatable bonds is 5. The van der Waals surface area contributed by atoms with Gasteiger partial charge in [-0.1, -0.05) is 0 Å². The Morgan fingerprint density at radius 2 is 1.62 bits per heavy atom. The molecule has 0 N–H and O–H groups in total. The molecule has 3 rings (SSSR count). The second-order valence-corrected chi connectivity index (χ2v) is 9.40. The van der Waals surface area contributed by atoms with E-state index < -0.39 is 46.0 Å². The van der Waals surface area contributed by atoms with Crippen LogP contribution in [0.5, 0.6) is 5.75 Å². The molecule has 0 bridgehead atoms. The number of hydrogen-bond donors (Lipinski definition) is 0. The van der Waals surface area contributed by atoms with E-state index in [1.165, 1.54) is 9.80 Å². The first-order valence-electron chi connectivity index (χ1n) is 9.62. The lowest BCUT2D eigenvalue weighted by Gasteiger charge is -2.35. The summed E-state index contributed by atoms with van der Waals surface area (Å²) in [5.74, 6) is -1.16. The number of nitrogens with zero attached hydrogens (tertiary/aromatic N) is 4. The van der Waals surface area contributed by atoms with E-state index in [1.807, 2.05) is 0 Å². The van der Waals surface area contributed by atoms with Crippen molar-refractivity contribution in [3.63, 3.8) is 0 Å². The zero-order valence-electron chi connectivity index (χ0n) is 17.5. The lowest BCUT2D eigenvalue weighted by Crippen LogP contribution is -2.49. The number of aromatic nitrogens is 2. The topological polar surface area (TPSA) is 92.7 Å². The van der Waals surface area contributed by atoms with Crippen LogP contribution in [0.4, 0.5) is 32.3 Å². The highest BCUT2D eigenvalue weighted by Gasteiger charge is 2.33. The van der Waals surface area contributed by atoms with Crippen LogP contribution in [0.15, 0.2) is 35.5 Å². The third-order valence-electron chi connectivity index (χ3n) is 4.82. The Labute approximate surface area is 190 Å². The van der Waals surface area contributed by atoms with Crippen molar-refractivity contribution in [2.75, 3.05) is 43.9 Å². The van der Waals surface area contributed by atoms with Crippen molar-refractivity contribution in [3.8, 4) is 5.75 Å². The van der Waals surface area contributed by atoms with Gasteiger partial charge in [0.2, 0.25) is 5.95 Å². The second kappa shape index (κ2) is 9.27. The number of sulfone groups is 1. The first-order valence-corrected chi connectivity index (χ1v) is 11.5. The van der Waals surface area contributed by atoms with Crippen LogP contribution in [0, 0.1) is 0 Å². The Morgan fingerprint density at radius 3 is 2.12 bits per heavy atom. The molecular formula is C19H18F6N4O4S. The van der Waals surface area contributed by atoms with E-state index >= 15 is 0 Å². The van der Waals surface area contributed by atoms with Gasteiger partial charge in [-0.3, -0.25) is 4.79 Å². The maximum Gasteiger partial charge on any atom is 0.422 e. The summed E-state index contributed by atoms with van der Waals surface area (Å²) in [6.07, 6.45) is -7.10. The summed E-state index contributed by atoms with van der Waals surface area (Å²) < 4.78 is 104. The maximum atomic E-state index is 13.0. The molecule has 0 atom stereocenters. The molecule has 1 aromatic heterocycles. The highest BCUT2D eigenvalue weighted by Crippen LogP contribution is 2.29. The van der Waals surface area contributed by atoms with Gasteiger partial charge in [0, 0.05) is 44.8 Å². The van der Waals surface area contributed by atoms with Crippen LogP contribution < -0.4 is 9.64 Å². The fourth-order valence-corrected chi connectivity index (χ4v) is 3.75. The van der Waals surface area contributed by atoms with Gasteiger partial charge in [-0.05, 0) is 18.2 Å². The van der Waals surface area contributed by atoms with Crippen molar-refractivity contribution in [3.05, 3.63) is 41.7 Å². The Morgan fingerprint density at radius 1 is 1.03 bits per heavy atom. The fraction of sp³-hybridized carbons (Fsp3) is 0.421. The summed E-state index contributed by atoms with van der Waals surface area (Å²) in [6.45, 7) is -1.36. The fourth-order valence-electron chi connectivity index (χ4n) is 3.10. The van der Waals surface area contributed by atoms with Crippen molar-refractivity contribution >= 4 is 21.7 Å². The lowest BCUT2D eigenvalue weighted by molar-refractivity contribution is -0.153. The van der Waals surface area contributed by atoms with Crippen molar-refractivity contribution in [1.29, 1.82) is 0 Å². The van der Waals surface area contributed by atoms with Gasteiger partial charge < -0.3 is 14.5 Å². The molecule has 1 fully saturated rings. The first kappa shape index (κ1) is 25.5. The number of halogens is 6. The monoisotopic (exact) mass is 512 g/mol. The van der Waals surface area contributed by atoms with Crippen molar-refractivity contribution < 1.29 is 44.3 Å². The number of amides is 1. The van der Waals surface area contributed by atoms with Crippen LogP contribution >= 0.6 is 0 Å². The summed E-state index contributed by atoms with van der Waals surface area (Å²) in [7, 11) is -3.76. The molecule has 0 saturated carbocycles. The van der Waals surface area contributed by atoms with E-state index in [0.717, 1.165) is 24.5 Å². The first-order chi connectivity index (χ1) is 15.6. The Bertz CT molecular complexity index is 1140. The van der Waals surface area contributed by atoms with E-state index in [0.29, 0.717) is 12.4 Å². The standard InChI is InChI=1S/C19H18F6N4O4S/c1-34(31,32)13-2-3-15(33-11-18(20,21)22)14(8-13)16(30)28-4-6-29(7-5-28)17-26-9-12(10-27-17)19(23,24)25/h2-3,8-10H,4-7,11H2,1H3. The molecule has 1 aliphatic heterocycles. The molecule has 8 nitrogen and oxygen atoms in total. The summed E-state index contributed by atoms with van der Waals surface area (Å²) in [4.78, 5) is 22.9. The minimum Gasteiger partial charge on any atom is -0.483 e. The molecule has 2 heterocycles. The number of alkyl halides is 6. The summed E-state index contributed by atoms with van der Waals surface area (Å²) >= 11 is 0. The zero-order valence-corrected chi connectivity index (χ0v) is 18.3. The predicted octanol–water partition coefficient (Wildman–Crippen LogP) is 2.80. The number of carbonyl (C=O) groups is 1. The van der Waals surface area contributed by atoms with Gasteiger partial charge in [-0.25, -0.2) is 18.4 Å². The average Bonchev–Trinajstić information content (AvgIpc) is 2.75. The average molecular weight is 512 g/mol. The summed E-state index contributed by atoms with van der Waals surface area (Å²) in [5.41, 5.74) is -1.37. The molecule has 1 aromatic carbocycles. The molecule has 0 unspecified atom stereocenters. The molecule has 15 heteroatoms. The third-order valence-corrected chi connectivity index (χ3v) is 5.93. The van der Waals surface area contributed by atoms with Gasteiger partial charge in [0.1, 0.15) is 5.75 Å². The van der Waals surface area contributed by atoms with Gasteiger partial charge in [0.15, 0.2) is 16.4 Å². The molecule has 0 spiro atoms. The summed E-state index contributed by atoms with van der Waals surface area (Å²) in [6, 6.07) is 2.98. The molecule has 1 aliphatic rings. The number of benzene rings is 1. The molecule has 1 amide bonds. The van der Waals surface area contributed by atoms with E-state index in [9.17, 15) is 39.6 Å². The van der Waals surface area contributed by atoms with Crippen LogP contribution in [-0.4, -0.2) is 74.4 Å². The van der Waals surface area contributed by atoms with Crippen LogP contribution in [0.2, 0.25) is 0 Å². The van der Waals surface area contributed by atoms with Crippen LogP contribution in [0.3, 0.4) is 0 Å². The third kappa shape index (κ3) is 6.27. The lowest BCUT2D eigenvalue weighted by atomic mass is 10.1. The smallest absolute Gasteiger partial charge is 0.422 e. The number of carbonyl (C=O) groups excluding carboxylic acids is 1. The molecule has 2 aromatic rings. The van der Waals surface area contributed by atoms with Crippen LogP contribution in [-0.2, 0) is 16.0 Å². The molecule has 34 heavy (non-hydrogen) atoms. The van der Waals surface area contributed by atoms with E-state index in [-0.39, 0.29) is 42.6 Å². The minimum absolute atomic E-state index is 0.0216. The minimum atomic E-state index is -4.68. The normalized spacial score (nSPS) is 15.4. The molecular weight excluding hydrogens is 494 g/mol. The van der Waals surface area contributed by atoms with Gasteiger partial charge >= 0.3 is 12.4 Å². The van der Waals surface area contributed by atoms with Crippen molar-refractivity contribution in [2.24, 2.45) is 0 Å². The number of piperazine rings is 1. The van der Waals surface area contributed by atoms with Crippen LogP contribution in [0.25, 0.3) is 0 Å². The number of ether oxygens (including phenoxy) is 1. The Kier molecular flexibility index (Phi) is 6.96. The molecule has 0 radical (unpaired) electrons. The largest absolute Gasteiger partial charge is 0.483 e. The van der Waals surface area contributed by atoms with Gasteiger partial charge in [-0.15, -0.1) is 0 Å². The van der Waals surface area contributed by atoms with Gasteiger partial charge in [0.05, 0.1) is 16.0 Å². The van der Waals surface area contributed by atoms with E-state index in [1.54, 1.807) is 0 Å². The molecule has 1 saturated heterocycles. The number of hydrogen-bond acceptors (Lipinski definition) is 7. The highest BCUT2D eigenvalue weighted by molar-refractivity contribution is 7.90. The van der Waals surface area contributed by atoms with Crippen molar-refractivity contribution in [1.82, 2.24) is 14.9 Å². The quantitative estimate of drug-likeness (QED) is 0.569. The van der Waals surface area contributed by atoms with Crippen LogP contribution in [0.1, 0.15) is 15.9 Å². The maximum absolute atomic E-state index is 13.0. The SMILES string of the molecule is CS(=O)(=O)c1ccc(OCC(F)(F)F)c(C(=O)N2CCN(c3ncc(C(F)(F)F)cn3)CC2)c1. The van der Waals surface area contributed by atoms with E-state index in [2.05, 4.69) is 9.97 Å². The predicted molar refractivity (Wildman–Crippen MR) is 106 cm³/mol. The summed E-state index contributed by atoms with van der Waals surface area (Å²) in [5, 5.41) is 0. The molecule has 0 aliphatic carbocycles. The second-order valence-electron chi connectivity index (χ2n) is 7.38. The Hall–Kier alpha value is -3.10. The zero-order chi connectivity index (χ0) is 25.3. The highest BCUT2D eigenvalue weighted by atomic mass is 32.2. The molecule has 186 valence electrons. The van der Waals surface area contributed by atoms with Gasteiger partial charge in [0.25, 0.3) is 5.91 Å². The van der Waals surface area contributed by atoms with Crippen molar-refractivity contribution in [2.45, 2.75) is 17.2 Å². The number of anilines is 1. The Balaban J connectivity index is 1.76.